The van der Waals surface area contributed by atoms with Gasteiger partial charge in [-0.25, -0.2) is 0 Å². The molecule has 0 amide bonds. The molecule has 0 saturated carbocycles. The molecule has 0 spiro atoms. The van der Waals surface area contributed by atoms with Gasteiger partial charge in [0.25, 0.3) is 0 Å². The largest absolute Gasteiger partial charge is 2.00 e. The Hall–Kier alpha value is 1.24. The number of aromatic hydroxyl groups is 1. The molecule has 0 aliphatic carbocycles. The standard InChI is InChI=1S/C7H8O.2BrH.Ca/c1-6-3-2-4-7(8)5-6;;;/h2-5,8H,1H3;2*1H;/q;;;+2/p-2. The molecular weight excluding hydrogens is 300 g/mol. The third-order valence-corrected chi connectivity index (χ3v) is 1.00. The van der Waals surface area contributed by atoms with Crippen molar-refractivity contribution in [3.8, 4) is 5.75 Å². The van der Waals surface area contributed by atoms with Gasteiger partial charge in [0.15, 0.2) is 0 Å². The van der Waals surface area contributed by atoms with Crippen LogP contribution in [0.15, 0.2) is 24.3 Å². The predicted octanol–water partition coefficient (Wildman–Crippen LogP) is -4.67. The van der Waals surface area contributed by atoms with E-state index in [-0.39, 0.29) is 71.7 Å². The van der Waals surface area contributed by atoms with Gasteiger partial charge in [-0.2, -0.15) is 0 Å². The van der Waals surface area contributed by atoms with Gasteiger partial charge in [-0.3, -0.25) is 0 Å². The Labute approximate surface area is 118 Å². The fourth-order valence-corrected chi connectivity index (χ4v) is 0.628. The summed E-state index contributed by atoms with van der Waals surface area (Å²) in [4.78, 5) is 0. The average molecular weight is 308 g/mol. The van der Waals surface area contributed by atoms with Crippen LogP contribution in [0, 0.1) is 6.92 Å². The normalized spacial score (nSPS) is 6.64. The van der Waals surface area contributed by atoms with Crippen molar-refractivity contribution in [1.82, 2.24) is 0 Å². The molecule has 0 saturated heterocycles. The zero-order valence-corrected chi connectivity index (χ0v) is 11.6. The van der Waals surface area contributed by atoms with Gasteiger partial charge in [0.1, 0.15) is 5.75 Å². The van der Waals surface area contributed by atoms with Crippen LogP contribution in [0.2, 0.25) is 0 Å². The Balaban J connectivity index is -0.000000213. The van der Waals surface area contributed by atoms with Gasteiger partial charge in [-0.05, 0) is 24.6 Å². The van der Waals surface area contributed by atoms with E-state index in [1.165, 1.54) is 0 Å². The molecule has 0 bridgehead atoms. The van der Waals surface area contributed by atoms with Crippen LogP contribution in [-0.4, -0.2) is 42.8 Å². The molecule has 0 aromatic heterocycles. The minimum atomic E-state index is 0. The fraction of sp³-hybridized carbons (Fsp3) is 0.143. The van der Waals surface area contributed by atoms with E-state index in [4.69, 9.17) is 5.11 Å². The van der Waals surface area contributed by atoms with Crippen molar-refractivity contribution < 1.29 is 39.1 Å². The summed E-state index contributed by atoms with van der Waals surface area (Å²) in [5.41, 5.74) is 1.09. The molecular formula is C7H8Br2CaO. The van der Waals surface area contributed by atoms with Crippen molar-refractivity contribution in [3.05, 3.63) is 29.8 Å². The van der Waals surface area contributed by atoms with Gasteiger partial charge >= 0.3 is 37.7 Å². The maximum Gasteiger partial charge on any atom is 2.00 e. The Morgan fingerprint density at radius 2 is 1.73 bits per heavy atom. The maximum absolute atomic E-state index is 8.81. The summed E-state index contributed by atoms with van der Waals surface area (Å²) in [7, 11) is 0. The summed E-state index contributed by atoms with van der Waals surface area (Å²) in [6, 6.07) is 7.15. The summed E-state index contributed by atoms with van der Waals surface area (Å²) in [6.45, 7) is 1.94. The molecule has 0 aliphatic rings. The zero-order valence-electron chi connectivity index (χ0n) is 6.22. The number of rotatable bonds is 0. The summed E-state index contributed by atoms with van der Waals surface area (Å²) < 4.78 is 0. The number of halogens is 2. The van der Waals surface area contributed by atoms with Crippen LogP contribution in [0.3, 0.4) is 0 Å². The number of benzene rings is 1. The molecule has 0 heterocycles. The number of phenolic OH excluding ortho intramolecular Hbond substituents is 1. The van der Waals surface area contributed by atoms with Gasteiger partial charge in [-0.15, -0.1) is 0 Å². The van der Waals surface area contributed by atoms with Crippen molar-refractivity contribution in [3.63, 3.8) is 0 Å². The van der Waals surface area contributed by atoms with Gasteiger partial charge in [0.05, 0.1) is 0 Å². The SMILES string of the molecule is Cc1cccc(O)c1.[Br-].[Br-].[Ca+2]. The van der Waals surface area contributed by atoms with Gasteiger partial charge in [-0.1, -0.05) is 12.1 Å². The number of hydrogen-bond donors (Lipinski definition) is 1. The van der Waals surface area contributed by atoms with Crippen molar-refractivity contribution >= 4 is 37.7 Å². The minimum Gasteiger partial charge on any atom is -1.00 e. The van der Waals surface area contributed by atoms with Crippen LogP contribution in [-0.2, 0) is 0 Å². The second-order valence-electron chi connectivity index (χ2n) is 1.84. The quantitative estimate of drug-likeness (QED) is 0.478. The van der Waals surface area contributed by atoms with E-state index in [0.29, 0.717) is 5.75 Å². The first-order valence-electron chi connectivity index (χ1n) is 2.54. The minimum absolute atomic E-state index is 0. The van der Waals surface area contributed by atoms with E-state index in [1.54, 1.807) is 12.1 Å². The van der Waals surface area contributed by atoms with Crippen LogP contribution >= 0.6 is 0 Å². The number of aryl methyl sites for hydroxylation is 1. The molecule has 1 N–H and O–H groups in total. The second-order valence-corrected chi connectivity index (χ2v) is 1.84. The van der Waals surface area contributed by atoms with Crippen molar-refractivity contribution in [2.45, 2.75) is 6.92 Å². The maximum atomic E-state index is 8.81. The van der Waals surface area contributed by atoms with E-state index in [0.717, 1.165) is 5.56 Å². The first kappa shape index (κ1) is 18.1. The van der Waals surface area contributed by atoms with Gasteiger partial charge in [0, 0.05) is 0 Å². The Bertz CT molecular complexity index is 176. The van der Waals surface area contributed by atoms with Crippen molar-refractivity contribution in [1.29, 1.82) is 0 Å². The van der Waals surface area contributed by atoms with Crippen molar-refractivity contribution in [2.75, 3.05) is 0 Å². The Morgan fingerprint density at radius 1 is 1.18 bits per heavy atom. The van der Waals surface area contributed by atoms with E-state index in [2.05, 4.69) is 0 Å². The molecule has 0 atom stereocenters. The number of hydrogen-bond acceptors (Lipinski definition) is 1. The monoisotopic (exact) mass is 306 g/mol. The fourth-order valence-electron chi connectivity index (χ4n) is 0.628. The third kappa shape index (κ3) is 7.60. The average Bonchev–Trinajstić information content (AvgIpc) is 1.64. The molecule has 58 valence electrons. The Morgan fingerprint density at radius 3 is 2.00 bits per heavy atom. The van der Waals surface area contributed by atoms with Crippen LogP contribution in [0.25, 0.3) is 0 Å². The molecule has 0 aliphatic heterocycles. The van der Waals surface area contributed by atoms with Crippen LogP contribution in [0.4, 0.5) is 0 Å². The van der Waals surface area contributed by atoms with E-state index in [1.807, 2.05) is 19.1 Å². The van der Waals surface area contributed by atoms with Crippen LogP contribution in [0.5, 0.6) is 5.75 Å². The molecule has 11 heavy (non-hydrogen) atoms. The van der Waals surface area contributed by atoms with E-state index >= 15 is 0 Å². The molecule has 4 heteroatoms. The second kappa shape index (κ2) is 9.33. The smallest absolute Gasteiger partial charge is 1.00 e. The third-order valence-electron chi connectivity index (χ3n) is 1.00. The topological polar surface area (TPSA) is 20.2 Å². The molecule has 0 unspecified atom stereocenters. The summed E-state index contributed by atoms with van der Waals surface area (Å²) in [5.74, 6) is 0.338. The molecule has 1 aromatic carbocycles. The summed E-state index contributed by atoms with van der Waals surface area (Å²) in [5, 5.41) is 8.81. The molecule has 1 rings (SSSR count). The predicted molar refractivity (Wildman–Crippen MR) is 38.6 cm³/mol. The van der Waals surface area contributed by atoms with Gasteiger partial charge in [0.2, 0.25) is 0 Å². The molecule has 0 radical (unpaired) electrons. The van der Waals surface area contributed by atoms with E-state index in [9.17, 15) is 0 Å². The van der Waals surface area contributed by atoms with Crippen molar-refractivity contribution in [2.24, 2.45) is 0 Å². The molecule has 0 fully saturated rings. The first-order chi connectivity index (χ1) is 3.79. The molecule has 1 nitrogen and oxygen atoms in total. The first-order valence-corrected chi connectivity index (χ1v) is 2.54. The number of phenols is 1. The van der Waals surface area contributed by atoms with Crippen LogP contribution in [0.1, 0.15) is 5.56 Å². The Kier molecular flexibility index (Phi) is 15.4. The molecule has 1 aromatic rings. The summed E-state index contributed by atoms with van der Waals surface area (Å²) in [6.07, 6.45) is 0. The summed E-state index contributed by atoms with van der Waals surface area (Å²) >= 11 is 0. The van der Waals surface area contributed by atoms with E-state index < -0.39 is 0 Å². The zero-order chi connectivity index (χ0) is 5.98. The van der Waals surface area contributed by atoms with Crippen LogP contribution < -0.4 is 34.0 Å². The van der Waals surface area contributed by atoms with Gasteiger partial charge < -0.3 is 39.1 Å².